The van der Waals surface area contributed by atoms with Gasteiger partial charge in [-0.25, -0.2) is 0 Å². The van der Waals surface area contributed by atoms with Crippen LogP contribution in [0.5, 0.6) is 0 Å². The van der Waals surface area contributed by atoms with E-state index in [1.807, 2.05) is 12.1 Å². The second kappa shape index (κ2) is 6.67. The van der Waals surface area contributed by atoms with E-state index in [2.05, 4.69) is 0 Å². The first-order chi connectivity index (χ1) is 6.63. The zero-order valence-corrected chi connectivity index (χ0v) is 9.50. The summed E-state index contributed by atoms with van der Waals surface area (Å²) in [7, 11) is 0. The van der Waals surface area contributed by atoms with Crippen LogP contribution >= 0.6 is 11.6 Å². The van der Waals surface area contributed by atoms with Crippen molar-refractivity contribution < 1.29 is 23.7 Å². The van der Waals surface area contributed by atoms with Crippen LogP contribution in [0.4, 0.5) is 0 Å². The minimum Gasteiger partial charge on any atom is -1.00 e. The van der Waals surface area contributed by atoms with Gasteiger partial charge >= 0.3 is 7.40 Å². The molecule has 0 radical (unpaired) electrons. The second-order valence-electron chi connectivity index (χ2n) is 3.08. The molecule has 0 unspecified atom stereocenters. The molecule has 0 saturated heterocycles. The van der Waals surface area contributed by atoms with E-state index in [0.717, 1.165) is 5.56 Å². The van der Waals surface area contributed by atoms with Gasteiger partial charge in [-0.05, 0) is 24.2 Å². The van der Waals surface area contributed by atoms with E-state index < -0.39 is 5.97 Å². The molecule has 0 amide bonds. The highest BCUT2D eigenvalue weighted by Crippen LogP contribution is 2.20. The molecule has 1 aromatic rings. The summed E-state index contributed by atoms with van der Waals surface area (Å²) in [6.07, 6.45) is 0.0537. The molecule has 0 aliphatic rings. The summed E-state index contributed by atoms with van der Waals surface area (Å²) < 4.78 is 0. The minimum atomic E-state index is -0.838. The quantitative estimate of drug-likeness (QED) is 0.718. The van der Waals surface area contributed by atoms with Crippen LogP contribution in [0.2, 0.25) is 5.02 Å². The van der Waals surface area contributed by atoms with E-state index in [0.29, 0.717) is 11.6 Å². The van der Waals surface area contributed by atoms with Crippen molar-refractivity contribution in [2.45, 2.75) is 12.3 Å². The van der Waals surface area contributed by atoms with Crippen LogP contribution in [0.15, 0.2) is 24.3 Å². The van der Waals surface area contributed by atoms with Crippen molar-refractivity contribution >= 4 is 17.6 Å². The molecular formula is C10H13Cl2NO2. The number of carboxylic acids is 1. The van der Waals surface area contributed by atoms with Crippen LogP contribution in [0.25, 0.3) is 0 Å². The highest BCUT2D eigenvalue weighted by molar-refractivity contribution is 6.30. The molecule has 0 fully saturated rings. The Morgan fingerprint density at radius 2 is 2.00 bits per heavy atom. The van der Waals surface area contributed by atoms with Gasteiger partial charge in [0.05, 0.1) is 6.42 Å². The highest BCUT2D eigenvalue weighted by atomic mass is 35.5. The lowest BCUT2D eigenvalue weighted by Crippen LogP contribution is -3.00. The molecule has 1 rings (SSSR count). The van der Waals surface area contributed by atoms with Gasteiger partial charge in [0.25, 0.3) is 0 Å². The molecule has 5 heteroatoms. The Bertz CT molecular complexity index is 319. The lowest BCUT2D eigenvalue weighted by atomic mass is 9.96. The lowest BCUT2D eigenvalue weighted by Gasteiger charge is -2.12. The Labute approximate surface area is 101 Å². The van der Waals surface area contributed by atoms with E-state index in [1.165, 1.54) is 0 Å². The largest absolute Gasteiger partial charge is 1.00 e. The van der Waals surface area contributed by atoms with Crippen molar-refractivity contribution in [2.75, 3.05) is 6.54 Å². The van der Waals surface area contributed by atoms with Crippen LogP contribution in [0, 0.1) is 0 Å². The van der Waals surface area contributed by atoms with Crippen molar-refractivity contribution in [3.05, 3.63) is 34.9 Å². The summed E-state index contributed by atoms with van der Waals surface area (Å²) >= 11 is 5.72. The standard InChI is InChI=1S/C10H12ClNO2.ClH/c11-9-3-1-7(2-4-9)8(6-12)5-10(13)14;/h1-4,8H,5-6,12H2,(H,13,14);1H/t8-;/m0./s1. The van der Waals surface area contributed by atoms with E-state index in [1.54, 1.807) is 12.1 Å². The van der Waals surface area contributed by atoms with Gasteiger partial charge in [-0.3, -0.25) is 4.79 Å². The van der Waals surface area contributed by atoms with Gasteiger partial charge in [0.1, 0.15) is 0 Å². The van der Waals surface area contributed by atoms with Gasteiger partial charge in [0.2, 0.25) is 0 Å². The molecule has 0 aromatic heterocycles. The predicted octanol–water partition coefficient (Wildman–Crippen LogP) is -1.03. The Morgan fingerprint density at radius 1 is 1.47 bits per heavy atom. The zero-order valence-electron chi connectivity index (χ0n) is 8.99. The average molecular weight is 250 g/mol. The number of rotatable bonds is 4. The summed E-state index contributed by atoms with van der Waals surface area (Å²) in [5, 5.41) is 9.29. The molecule has 84 valence electrons. The number of carboxylic acid groups (broad SMARTS) is 1. The Balaban J connectivity index is 0. The van der Waals surface area contributed by atoms with Crippen molar-refractivity contribution in [1.82, 2.24) is 0 Å². The first-order valence-corrected chi connectivity index (χ1v) is 4.68. The van der Waals surface area contributed by atoms with Gasteiger partial charge < -0.3 is 23.2 Å². The van der Waals surface area contributed by atoms with Gasteiger partial charge in [-0.1, -0.05) is 23.7 Å². The smallest absolute Gasteiger partial charge is 1.00 e. The number of hydrogen-bond acceptors (Lipinski definition) is 2. The normalized spacial score (nSPS) is 11.6. The topological polar surface area (TPSA) is 63.3 Å². The Kier molecular flexibility index (Phi) is 6.32. The molecular weight excluding hydrogens is 237 g/mol. The molecule has 15 heavy (non-hydrogen) atoms. The van der Waals surface area contributed by atoms with Crippen LogP contribution in [-0.4, -0.2) is 17.6 Å². The monoisotopic (exact) mass is 249 g/mol. The summed E-state index contributed by atoms with van der Waals surface area (Å²) in [5.74, 6) is -0.972. The van der Waals surface area contributed by atoms with Gasteiger partial charge in [-0.2, -0.15) is 0 Å². The zero-order chi connectivity index (χ0) is 10.6. The minimum absolute atomic E-state index is 0. The van der Waals surface area contributed by atoms with Crippen molar-refractivity contribution in [3.8, 4) is 0 Å². The number of carbonyl (C=O) groups is 1. The van der Waals surface area contributed by atoms with Crippen molar-refractivity contribution in [2.24, 2.45) is 5.73 Å². The molecule has 0 aliphatic heterocycles. The SMILES string of the molecule is NC[C@H](CC(=O)O)c1ccc(Cl)cc1.[Cl-].[H+]. The molecule has 1 atom stereocenters. The summed E-state index contributed by atoms with van der Waals surface area (Å²) in [4.78, 5) is 10.5. The van der Waals surface area contributed by atoms with E-state index in [-0.39, 0.29) is 26.2 Å². The van der Waals surface area contributed by atoms with Crippen molar-refractivity contribution in [1.29, 1.82) is 0 Å². The van der Waals surface area contributed by atoms with Crippen LogP contribution in [0.3, 0.4) is 0 Å². The van der Waals surface area contributed by atoms with Crippen molar-refractivity contribution in [3.63, 3.8) is 0 Å². The Morgan fingerprint density at radius 3 is 2.40 bits per heavy atom. The predicted molar refractivity (Wildman–Crippen MR) is 56.6 cm³/mol. The molecule has 3 nitrogen and oxygen atoms in total. The fourth-order valence-electron chi connectivity index (χ4n) is 1.28. The van der Waals surface area contributed by atoms with Gasteiger partial charge in [0.15, 0.2) is 0 Å². The number of benzene rings is 1. The average Bonchev–Trinajstić information content (AvgIpc) is 2.15. The van der Waals surface area contributed by atoms with E-state index in [4.69, 9.17) is 22.4 Å². The first kappa shape index (κ1) is 14.2. The van der Waals surface area contributed by atoms with Crippen LogP contribution in [0.1, 0.15) is 19.3 Å². The molecule has 0 spiro atoms. The highest BCUT2D eigenvalue weighted by Gasteiger charge is 2.13. The first-order valence-electron chi connectivity index (χ1n) is 4.31. The molecule has 1 aromatic carbocycles. The van der Waals surface area contributed by atoms with E-state index >= 15 is 0 Å². The maximum absolute atomic E-state index is 10.5. The van der Waals surface area contributed by atoms with Gasteiger partial charge in [-0.15, -0.1) is 0 Å². The fraction of sp³-hybridized carbons (Fsp3) is 0.300. The fourth-order valence-corrected chi connectivity index (χ4v) is 1.41. The summed E-state index contributed by atoms with van der Waals surface area (Å²) in [6.45, 7) is 0.327. The molecule has 0 bridgehead atoms. The maximum Gasteiger partial charge on any atom is 1.00 e. The van der Waals surface area contributed by atoms with E-state index in [9.17, 15) is 4.79 Å². The summed E-state index contributed by atoms with van der Waals surface area (Å²) in [5.41, 5.74) is 6.41. The number of nitrogens with two attached hydrogens (primary N) is 1. The molecule has 0 heterocycles. The number of hydrogen-bond donors (Lipinski definition) is 2. The third kappa shape index (κ3) is 4.51. The molecule has 3 N–H and O–H groups in total. The number of halogens is 2. The molecule has 0 saturated carbocycles. The second-order valence-corrected chi connectivity index (χ2v) is 3.52. The maximum atomic E-state index is 10.5. The lowest BCUT2D eigenvalue weighted by molar-refractivity contribution is -0.137. The third-order valence-electron chi connectivity index (χ3n) is 2.05. The van der Waals surface area contributed by atoms with Crippen LogP contribution < -0.4 is 18.1 Å². The Hall–Kier alpha value is -0.770. The summed E-state index contributed by atoms with van der Waals surface area (Å²) in [6, 6.07) is 7.09. The number of aliphatic carboxylic acids is 1. The third-order valence-corrected chi connectivity index (χ3v) is 2.30. The van der Waals surface area contributed by atoms with Gasteiger partial charge in [0, 0.05) is 10.9 Å². The molecule has 0 aliphatic carbocycles. The van der Waals surface area contributed by atoms with Crippen LogP contribution in [-0.2, 0) is 4.79 Å².